The fourth-order valence-corrected chi connectivity index (χ4v) is 1.79. The van der Waals surface area contributed by atoms with Gasteiger partial charge in [-0.05, 0) is 37.0 Å². The van der Waals surface area contributed by atoms with Crippen LogP contribution >= 0.6 is 0 Å². The van der Waals surface area contributed by atoms with E-state index in [1.54, 1.807) is 7.11 Å². The Bertz CT molecular complexity index is 374. The standard InChI is InChI=1S/C15H24FNO3/c1-19-8-5-17-12-13-9-14(16)11-15(10-13)20-7-4-2-3-6-18/h9-11,17-18H,2-8,12H2,1H3. The first-order valence-electron chi connectivity index (χ1n) is 6.99. The van der Waals surface area contributed by atoms with E-state index in [-0.39, 0.29) is 12.4 Å². The Morgan fingerprint density at radius 3 is 2.75 bits per heavy atom. The number of nitrogens with one attached hydrogen (secondary N) is 1. The fraction of sp³-hybridized carbons (Fsp3) is 0.600. The summed E-state index contributed by atoms with van der Waals surface area (Å²) in [7, 11) is 1.65. The topological polar surface area (TPSA) is 50.7 Å². The van der Waals surface area contributed by atoms with Crippen molar-refractivity contribution >= 4 is 0 Å². The lowest BCUT2D eigenvalue weighted by molar-refractivity contribution is 0.199. The van der Waals surface area contributed by atoms with Crippen molar-refractivity contribution in [1.29, 1.82) is 0 Å². The number of rotatable bonds is 11. The monoisotopic (exact) mass is 285 g/mol. The molecule has 0 bridgehead atoms. The molecular weight excluding hydrogens is 261 g/mol. The molecule has 4 nitrogen and oxygen atoms in total. The largest absolute Gasteiger partial charge is 0.493 e. The molecule has 0 saturated heterocycles. The van der Waals surface area contributed by atoms with Gasteiger partial charge in [-0.1, -0.05) is 0 Å². The Hall–Kier alpha value is -1.17. The zero-order valence-corrected chi connectivity index (χ0v) is 12.0. The van der Waals surface area contributed by atoms with Crippen molar-refractivity contribution in [1.82, 2.24) is 5.32 Å². The van der Waals surface area contributed by atoms with E-state index < -0.39 is 0 Å². The number of aliphatic hydroxyl groups excluding tert-OH is 1. The molecule has 0 heterocycles. The van der Waals surface area contributed by atoms with Gasteiger partial charge in [0, 0.05) is 32.9 Å². The summed E-state index contributed by atoms with van der Waals surface area (Å²) >= 11 is 0. The lowest BCUT2D eigenvalue weighted by Gasteiger charge is -2.09. The van der Waals surface area contributed by atoms with Crippen LogP contribution in [0.5, 0.6) is 5.75 Å². The van der Waals surface area contributed by atoms with Crippen LogP contribution in [-0.2, 0) is 11.3 Å². The zero-order chi connectivity index (χ0) is 14.6. The molecule has 0 unspecified atom stereocenters. The van der Waals surface area contributed by atoms with Crippen LogP contribution in [0, 0.1) is 5.82 Å². The molecule has 0 aliphatic carbocycles. The van der Waals surface area contributed by atoms with Crippen LogP contribution in [0.2, 0.25) is 0 Å². The Kier molecular flexibility index (Phi) is 8.95. The Morgan fingerprint density at radius 1 is 1.15 bits per heavy atom. The maximum Gasteiger partial charge on any atom is 0.127 e. The first-order valence-corrected chi connectivity index (χ1v) is 6.99. The smallest absolute Gasteiger partial charge is 0.127 e. The van der Waals surface area contributed by atoms with Gasteiger partial charge in [0.2, 0.25) is 0 Å². The Labute approximate surface area is 119 Å². The fourth-order valence-electron chi connectivity index (χ4n) is 1.79. The van der Waals surface area contributed by atoms with Gasteiger partial charge in [-0.15, -0.1) is 0 Å². The van der Waals surface area contributed by atoms with Crippen LogP contribution in [-0.4, -0.2) is 38.6 Å². The van der Waals surface area contributed by atoms with Gasteiger partial charge in [0.05, 0.1) is 13.2 Å². The molecule has 5 heteroatoms. The Balaban J connectivity index is 2.36. The molecule has 0 amide bonds. The van der Waals surface area contributed by atoms with Crippen molar-refractivity contribution in [2.24, 2.45) is 0 Å². The van der Waals surface area contributed by atoms with Gasteiger partial charge in [-0.25, -0.2) is 4.39 Å². The minimum Gasteiger partial charge on any atom is -0.493 e. The van der Waals surface area contributed by atoms with Gasteiger partial charge in [0.1, 0.15) is 11.6 Å². The summed E-state index contributed by atoms with van der Waals surface area (Å²) in [5.74, 6) is 0.263. The molecule has 114 valence electrons. The average molecular weight is 285 g/mol. The second-order valence-corrected chi connectivity index (χ2v) is 4.60. The van der Waals surface area contributed by atoms with E-state index in [2.05, 4.69) is 5.32 Å². The SMILES string of the molecule is COCCNCc1cc(F)cc(OCCCCCO)c1. The highest BCUT2D eigenvalue weighted by Crippen LogP contribution is 2.17. The van der Waals surface area contributed by atoms with Gasteiger partial charge >= 0.3 is 0 Å². The van der Waals surface area contributed by atoms with E-state index in [0.717, 1.165) is 31.4 Å². The van der Waals surface area contributed by atoms with Crippen LogP contribution in [0.25, 0.3) is 0 Å². The molecule has 0 radical (unpaired) electrons. The van der Waals surface area contributed by atoms with Crippen molar-refractivity contribution in [2.75, 3.05) is 33.5 Å². The molecule has 0 aliphatic rings. The van der Waals surface area contributed by atoms with Crippen molar-refractivity contribution in [3.05, 3.63) is 29.6 Å². The van der Waals surface area contributed by atoms with Crippen molar-refractivity contribution in [2.45, 2.75) is 25.8 Å². The van der Waals surface area contributed by atoms with E-state index in [9.17, 15) is 4.39 Å². The molecule has 0 aromatic heterocycles. The van der Waals surface area contributed by atoms with E-state index >= 15 is 0 Å². The lowest BCUT2D eigenvalue weighted by Crippen LogP contribution is -2.18. The first-order chi connectivity index (χ1) is 9.76. The summed E-state index contributed by atoms with van der Waals surface area (Å²) in [6, 6.07) is 4.73. The van der Waals surface area contributed by atoms with E-state index in [4.69, 9.17) is 14.6 Å². The molecule has 2 N–H and O–H groups in total. The highest BCUT2D eigenvalue weighted by atomic mass is 19.1. The van der Waals surface area contributed by atoms with Gasteiger partial charge in [0.25, 0.3) is 0 Å². The third-order valence-electron chi connectivity index (χ3n) is 2.81. The van der Waals surface area contributed by atoms with Crippen LogP contribution < -0.4 is 10.1 Å². The van der Waals surface area contributed by atoms with E-state index in [0.29, 0.717) is 25.5 Å². The maximum atomic E-state index is 13.5. The summed E-state index contributed by atoms with van der Waals surface area (Å²) in [4.78, 5) is 0. The number of methoxy groups -OCH3 is 1. The lowest BCUT2D eigenvalue weighted by atomic mass is 10.2. The third-order valence-corrected chi connectivity index (χ3v) is 2.81. The van der Waals surface area contributed by atoms with E-state index in [1.165, 1.54) is 12.1 Å². The first kappa shape index (κ1) is 16.9. The predicted molar refractivity (Wildman–Crippen MR) is 76.4 cm³/mol. The second kappa shape index (κ2) is 10.6. The zero-order valence-electron chi connectivity index (χ0n) is 12.0. The van der Waals surface area contributed by atoms with Crippen LogP contribution in [0.15, 0.2) is 18.2 Å². The predicted octanol–water partition coefficient (Wildman–Crippen LogP) is 2.10. The van der Waals surface area contributed by atoms with Gasteiger partial charge in [0.15, 0.2) is 0 Å². The summed E-state index contributed by atoms with van der Waals surface area (Å²) in [6.45, 7) is 2.69. The summed E-state index contributed by atoms with van der Waals surface area (Å²) in [5, 5.41) is 11.8. The molecule has 0 fully saturated rings. The number of hydrogen-bond donors (Lipinski definition) is 2. The van der Waals surface area contributed by atoms with Crippen molar-refractivity contribution < 1.29 is 19.0 Å². The normalized spacial score (nSPS) is 10.8. The molecular formula is C15H24FNO3. The van der Waals surface area contributed by atoms with Crippen LogP contribution in [0.1, 0.15) is 24.8 Å². The van der Waals surface area contributed by atoms with Gasteiger partial charge in [-0.2, -0.15) is 0 Å². The third kappa shape index (κ3) is 7.43. The molecule has 0 saturated carbocycles. The molecule has 1 aromatic carbocycles. The second-order valence-electron chi connectivity index (χ2n) is 4.60. The molecule has 1 aromatic rings. The number of ether oxygens (including phenoxy) is 2. The summed E-state index contributed by atoms with van der Waals surface area (Å²) in [5.41, 5.74) is 0.853. The minimum absolute atomic E-state index is 0.206. The summed E-state index contributed by atoms with van der Waals surface area (Å²) < 4.78 is 23.9. The van der Waals surface area contributed by atoms with Crippen LogP contribution in [0.4, 0.5) is 4.39 Å². The molecule has 1 rings (SSSR count). The molecule has 0 aliphatic heterocycles. The average Bonchev–Trinajstić information content (AvgIpc) is 2.43. The molecule has 0 spiro atoms. The number of hydrogen-bond acceptors (Lipinski definition) is 4. The molecule has 0 atom stereocenters. The van der Waals surface area contributed by atoms with Crippen molar-refractivity contribution in [3.8, 4) is 5.75 Å². The van der Waals surface area contributed by atoms with Gasteiger partial charge < -0.3 is 19.9 Å². The quantitative estimate of drug-likeness (QED) is 0.611. The highest BCUT2D eigenvalue weighted by Gasteiger charge is 2.02. The Morgan fingerprint density at radius 2 is 2.00 bits per heavy atom. The number of unbranched alkanes of at least 4 members (excludes halogenated alkanes) is 2. The number of benzene rings is 1. The maximum absolute atomic E-state index is 13.5. The van der Waals surface area contributed by atoms with E-state index in [1.807, 2.05) is 6.07 Å². The van der Waals surface area contributed by atoms with Gasteiger partial charge in [-0.3, -0.25) is 0 Å². The van der Waals surface area contributed by atoms with Crippen LogP contribution in [0.3, 0.4) is 0 Å². The number of aliphatic hydroxyl groups is 1. The highest BCUT2D eigenvalue weighted by molar-refractivity contribution is 5.29. The van der Waals surface area contributed by atoms with Crippen molar-refractivity contribution in [3.63, 3.8) is 0 Å². The summed E-state index contributed by atoms with van der Waals surface area (Å²) in [6.07, 6.45) is 2.55. The minimum atomic E-state index is -0.290. The molecule has 20 heavy (non-hydrogen) atoms. The number of halogens is 1.